The van der Waals surface area contributed by atoms with Crippen LogP contribution in [0.25, 0.3) is 0 Å². The van der Waals surface area contributed by atoms with Crippen LogP contribution in [0.4, 0.5) is 0 Å². The van der Waals surface area contributed by atoms with Crippen molar-refractivity contribution in [1.29, 1.82) is 0 Å². The molecule has 0 aromatic rings. The van der Waals surface area contributed by atoms with Crippen LogP contribution in [0.2, 0.25) is 0 Å². The zero-order chi connectivity index (χ0) is 4.71. The molecule has 0 radical (unpaired) electrons. The summed E-state index contributed by atoms with van der Waals surface area (Å²) in [4.78, 5) is 8.81. The molecule has 0 amide bonds. The molecule has 0 fully saturated rings. The fraction of sp³-hybridized carbons (Fsp3) is 0.667. The Morgan fingerprint density at radius 1 is 1.60 bits per heavy atom. The Kier molecular flexibility index (Phi) is 112. The van der Waals surface area contributed by atoms with Crippen LogP contribution in [0, 0.1) is 0 Å². The molecule has 0 aromatic carbocycles. The molecule has 0 rings (SSSR count). The van der Waals surface area contributed by atoms with Gasteiger partial charge in [-0.3, -0.25) is 0 Å². The van der Waals surface area contributed by atoms with Crippen LogP contribution in [0.15, 0.2) is 0 Å². The zero-order valence-corrected chi connectivity index (χ0v) is 3.56. The van der Waals surface area contributed by atoms with Gasteiger partial charge in [-0.05, 0) is 14.0 Å². The number of aldehydes is 1. The van der Waals surface area contributed by atoms with Gasteiger partial charge in [0, 0.05) is 0 Å². The minimum atomic E-state index is 0.750. The second kappa shape index (κ2) is 63.3. The Labute approximate surface area is 32.0 Å². The van der Waals surface area contributed by atoms with Crippen LogP contribution >= 0.6 is 0 Å². The Morgan fingerprint density at radius 3 is 1.60 bits per heavy atom. The molecule has 2 N–H and O–H groups in total. The molecule has 0 spiro atoms. The van der Waals surface area contributed by atoms with E-state index in [1.54, 1.807) is 0 Å². The molecule has 0 saturated carbocycles. The molecule has 5 heavy (non-hydrogen) atoms. The predicted molar refractivity (Wildman–Crippen MR) is 21.8 cm³/mol. The third-order valence-electron chi connectivity index (χ3n) is 0. The fourth-order valence-corrected chi connectivity index (χ4v) is 0. The second-order valence-corrected chi connectivity index (χ2v) is 0.236. The van der Waals surface area contributed by atoms with Gasteiger partial charge in [-0.1, -0.05) is 0 Å². The molecule has 0 aliphatic carbocycles. The normalized spacial score (nSPS) is 3.80. The van der Waals surface area contributed by atoms with Crippen molar-refractivity contribution < 1.29 is 4.79 Å². The first-order chi connectivity index (χ1) is 2.41. The lowest BCUT2D eigenvalue weighted by Crippen LogP contribution is -1.69. The van der Waals surface area contributed by atoms with E-state index < -0.39 is 0 Å². The van der Waals surface area contributed by atoms with Crippen LogP contribution < -0.4 is 5.73 Å². The molecule has 0 aliphatic heterocycles. The number of nitrogens with two attached hydrogens (primary N) is 1. The van der Waals surface area contributed by atoms with Crippen molar-refractivity contribution in [3.05, 3.63) is 0 Å². The first-order valence-corrected chi connectivity index (χ1v) is 1.39. The summed E-state index contributed by atoms with van der Waals surface area (Å²) in [6.07, 6.45) is 0.750. The highest BCUT2D eigenvalue weighted by atomic mass is 16.1. The second-order valence-electron chi connectivity index (χ2n) is 0.236. The van der Waals surface area contributed by atoms with Gasteiger partial charge in [0.2, 0.25) is 0 Å². The highest BCUT2D eigenvalue weighted by molar-refractivity contribution is 5.44. The molecule has 0 aliphatic rings. The maximum Gasteiger partial charge on any atom is 0.116 e. The fourth-order valence-electron chi connectivity index (χ4n) is 0. The van der Waals surface area contributed by atoms with E-state index in [4.69, 9.17) is 4.79 Å². The summed E-state index contributed by atoms with van der Waals surface area (Å²) < 4.78 is 0. The number of hydrogen-bond donors (Lipinski definition) is 1. The Balaban J connectivity index is 0. The number of carbonyl (C=O) groups is 1. The Bertz CT molecular complexity index is 14.4. The third kappa shape index (κ3) is 70.4. The van der Waals surface area contributed by atoms with Crippen molar-refractivity contribution in [3.63, 3.8) is 0 Å². The summed E-state index contributed by atoms with van der Waals surface area (Å²) in [5, 5.41) is 0. The lowest BCUT2D eigenvalue weighted by atomic mass is 11.0. The molecule has 0 heterocycles. The molecule has 0 atom stereocenters. The molecule has 0 aromatic heterocycles. The summed E-state index contributed by atoms with van der Waals surface area (Å²) >= 11 is 0. The summed E-state index contributed by atoms with van der Waals surface area (Å²) in [5.74, 6) is 0. The largest absolute Gasteiger partial charge is 0.333 e. The number of hydrogen-bond acceptors (Lipinski definition) is 2. The first-order valence-electron chi connectivity index (χ1n) is 1.39. The highest BCUT2D eigenvalue weighted by Gasteiger charge is 1.24. The third-order valence-corrected chi connectivity index (χ3v) is 0. The van der Waals surface area contributed by atoms with E-state index in [0.717, 1.165) is 6.29 Å². The van der Waals surface area contributed by atoms with Crippen molar-refractivity contribution in [2.45, 2.75) is 6.92 Å². The first kappa shape index (κ1) is 8.82. The summed E-state index contributed by atoms with van der Waals surface area (Å²) in [6, 6.07) is 0. The minimum Gasteiger partial charge on any atom is -0.333 e. The van der Waals surface area contributed by atoms with Gasteiger partial charge in [-0.25, -0.2) is 0 Å². The van der Waals surface area contributed by atoms with E-state index in [-0.39, 0.29) is 0 Å². The number of carbonyl (C=O) groups excluding carboxylic acids is 1. The van der Waals surface area contributed by atoms with Crippen molar-refractivity contribution in [2.75, 3.05) is 7.05 Å². The lowest BCUT2D eigenvalue weighted by Gasteiger charge is -1.23. The molecule has 2 nitrogen and oxygen atoms in total. The topological polar surface area (TPSA) is 43.1 Å². The molecular weight excluding hydrogens is 66.0 g/mol. The zero-order valence-electron chi connectivity index (χ0n) is 3.56. The quantitative estimate of drug-likeness (QED) is 0.404. The van der Waals surface area contributed by atoms with Gasteiger partial charge in [-0.15, -0.1) is 0 Å². The van der Waals surface area contributed by atoms with E-state index in [0.29, 0.717) is 0 Å². The smallest absolute Gasteiger partial charge is 0.116 e. The van der Waals surface area contributed by atoms with Crippen LogP contribution in [0.1, 0.15) is 6.92 Å². The van der Waals surface area contributed by atoms with Gasteiger partial charge >= 0.3 is 0 Å². The van der Waals surface area contributed by atoms with Gasteiger partial charge in [0.15, 0.2) is 0 Å². The molecule has 2 heteroatoms. The van der Waals surface area contributed by atoms with E-state index in [9.17, 15) is 0 Å². The summed E-state index contributed by atoms with van der Waals surface area (Å²) in [5.41, 5.74) is 4.50. The van der Waals surface area contributed by atoms with Crippen molar-refractivity contribution in [1.82, 2.24) is 0 Å². The average molecular weight is 75.1 g/mol. The van der Waals surface area contributed by atoms with Gasteiger partial charge in [0.05, 0.1) is 0 Å². The van der Waals surface area contributed by atoms with Gasteiger partial charge in [-0.2, -0.15) is 0 Å². The molecule has 0 bridgehead atoms. The van der Waals surface area contributed by atoms with Crippen molar-refractivity contribution in [3.8, 4) is 0 Å². The number of rotatable bonds is 0. The van der Waals surface area contributed by atoms with Gasteiger partial charge in [0.1, 0.15) is 6.29 Å². The highest BCUT2D eigenvalue weighted by Crippen LogP contribution is 1.13. The van der Waals surface area contributed by atoms with E-state index in [2.05, 4.69) is 5.73 Å². The SMILES string of the molecule is CC=O.CN. The van der Waals surface area contributed by atoms with Crippen molar-refractivity contribution >= 4 is 6.29 Å². The van der Waals surface area contributed by atoms with Crippen LogP contribution in [-0.2, 0) is 4.79 Å². The molecule has 32 valence electrons. The predicted octanol–water partition coefficient (Wildman–Crippen LogP) is -0.220. The molecular formula is C3H9NO. The van der Waals surface area contributed by atoms with E-state index in [1.165, 1.54) is 14.0 Å². The minimum absolute atomic E-state index is 0.750. The summed E-state index contributed by atoms with van der Waals surface area (Å²) in [7, 11) is 1.50. The molecule has 0 saturated heterocycles. The summed E-state index contributed by atoms with van der Waals surface area (Å²) in [6.45, 7) is 1.44. The van der Waals surface area contributed by atoms with Gasteiger partial charge < -0.3 is 10.5 Å². The van der Waals surface area contributed by atoms with Crippen LogP contribution in [-0.4, -0.2) is 13.3 Å². The monoisotopic (exact) mass is 75.1 g/mol. The lowest BCUT2D eigenvalue weighted by molar-refractivity contribution is -0.106. The Hall–Kier alpha value is -0.370. The van der Waals surface area contributed by atoms with Crippen LogP contribution in [0.5, 0.6) is 0 Å². The van der Waals surface area contributed by atoms with E-state index >= 15 is 0 Å². The van der Waals surface area contributed by atoms with Crippen molar-refractivity contribution in [2.24, 2.45) is 5.73 Å². The van der Waals surface area contributed by atoms with Crippen LogP contribution in [0.3, 0.4) is 0 Å². The van der Waals surface area contributed by atoms with Gasteiger partial charge in [0.25, 0.3) is 0 Å². The molecule has 0 unspecified atom stereocenters. The van der Waals surface area contributed by atoms with E-state index in [1.807, 2.05) is 0 Å². The maximum absolute atomic E-state index is 8.81. The average Bonchev–Trinajstić information content (AvgIpc) is 1.46. The maximum atomic E-state index is 8.81. The standard InChI is InChI=1S/C2H4O.CH5N/c1-2-3;1-2/h2H,1H3;2H2,1H3. The Morgan fingerprint density at radius 2 is 1.60 bits per heavy atom.